The molecule has 1 atom stereocenters. The Bertz CT molecular complexity index is 1090. The minimum atomic E-state index is -1.93. The third kappa shape index (κ3) is 4.60. The first-order chi connectivity index (χ1) is 15.7. The lowest BCUT2D eigenvalue weighted by molar-refractivity contribution is -0.148. The molecule has 0 saturated heterocycles. The standard InChI is InChI=1S/C25H28N4O4/c1-24(22(31)26-2,23(32)28-33)29(4)21(30)19-11-7-17(8-12-19)5-6-18-9-13-20(14-10-18)25(27-3)15-16-25/h7-14,27,33H,15-16H2,1-4H3,(H,26,31)(H,28,32)/t24-/m0/s1. The topological polar surface area (TPSA) is 111 Å². The fourth-order valence-corrected chi connectivity index (χ4v) is 3.68. The van der Waals surface area contributed by atoms with Crippen molar-refractivity contribution in [1.29, 1.82) is 0 Å². The molecule has 1 aliphatic carbocycles. The predicted molar refractivity (Wildman–Crippen MR) is 123 cm³/mol. The van der Waals surface area contributed by atoms with Crippen molar-refractivity contribution >= 4 is 17.7 Å². The van der Waals surface area contributed by atoms with E-state index >= 15 is 0 Å². The number of amides is 3. The van der Waals surface area contributed by atoms with Gasteiger partial charge in [0.15, 0.2) is 5.54 Å². The van der Waals surface area contributed by atoms with Crippen LogP contribution in [0.2, 0.25) is 0 Å². The molecule has 1 fully saturated rings. The Morgan fingerprint density at radius 2 is 1.45 bits per heavy atom. The van der Waals surface area contributed by atoms with Crippen molar-refractivity contribution in [2.45, 2.75) is 30.8 Å². The number of nitrogens with zero attached hydrogens (tertiary/aromatic N) is 1. The lowest BCUT2D eigenvalue weighted by atomic mass is 9.96. The van der Waals surface area contributed by atoms with Gasteiger partial charge in [-0.3, -0.25) is 19.6 Å². The van der Waals surface area contributed by atoms with Gasteiger partial charge in [0.1, 0.15) is 0 Å². The molecule has 8 nitrogen and oxygen atoms in total. The first-order valence-electron chi connectivity index (χ1n) is 10.6. The summed E-state index contributed by atoms with van der Waals surface area (Å²) in [6.45, 7) is 1.25. The van der Waals surface area contributed by atoms with Crippen molar-refractivity contribution in [2.24, 2.45) is 0 Å². The summed E-state index contributed by atoms with van der Waals surface area (Å²) in [7, 11) is 4.65. The highest BCUT2D eigenvalue weighted by Gasteiger charge is 2.47. The van der Waals surface area contributed by atoms with Crippen LogP contribution in [-0.2, 0) is 15.1 Å². The Morgan fingerprint density at radius 1 is 0.939 bits per heavy atom. The monoisotopic (exact) mass is 448 g/mol. The van der Waals surface area contributed by atoms with Crippen molar-refractivity contribution < 1.29 is 19.6 Å². The molecular weight excluding hydrogens is 420 g/mol. The fraction of sp³-hybridized carbons (Fsp3) is 0.320. The summed E-state index contributed by atoms with van der Waals surface area (Å²) in [5, 5.41) is 14.8. The number of nitrogens with one attached hydrogen (secondary N) is 3. The number of carbonyl (C=O) groups is 3. The van der Waals surface area contributed by atoms with Gasteiger partial charge in [-0.05, 0) is 68.8 Å². The first kappa shape index (κ1) is 24.0. The van der Waals surface area contributed by atoms with Crippen molar-refractivity contribution in [2.75, 3.05) is 21.1 Å². The first-order valence-corrected chi connectivity index (χ1v) is 10.6. The minimum absolute atomic E-state index is 0.118. The van der Waals surface area contributed by atoms with Gasteiger partial charge in [-0.15, -0.1) is 0 Å². The largest absolute Gasteiger partial charge is 0.357 e. The summed E-state index contributed by atoms with van der Waals surface area (Å²) >= 11 is 0. The van der Waals surface area contributed by atoms with Crippen LogP contribution < -0.4 is 16.1 Å². The van der Waals surface area contributed by atoms with Crippen molar-refractivity contribution in [3.63, 3.8) is 0 Å². The SMILES string of the molecule is CNC(=O)[C@@](C)(C(=O)NO)N(C)C(=O)c1ccc(C#Cc2ccc(C3(NC)CC3)cc2)cc1. The number of hydrogen-bond acceptors (Lipinski definition) is 5. The molecular formula is C25H28N4O4. The number of rotatable bonds is 6. The zero-order valence-corrected chi connectivity index (χ0v) is 19.2. The van der Waals surface area contributed by atoms with Crippen LogP contribution in [0.1, 0.15) is 46.8 Å². The third-order valence-electron chi connectivity index (χ3n) is 6.34. The number of benzene rings is 2. The van der Waals surface area contributed by atoms with Gasteiger partial charge in [0, 0.05) is 36.3 Å². The molecule has 3 rings (SSSR count). The number of hydrogen-bond donors (Lipinski definition) is 4. The van der Waals surface area contributed by atoms with Crippen LogP contribution >= 0.6 is 0 Å². The highest BCUT2D eigenvalue weighted by atomic mass is 16.5. The molecule has 33 heavy (non-hydrogen) atoms. The number of carbonyl (C=O) groups excluding carboxylic acids is 3. The second-order valence-corrected chi connectivity index (χ2v) is 8.19. The molecule has 0 aromatic heterocycles. The molecule has 0 radical (unpaired) electrons. The number of hydroxylamine groups is 1. The van der Waals surface area contributed by atoms with Crippen LogP contribution in [0.3, 0.4) is 0 Å². The zero-order valence-electron chi connectivity index (χ0n) is 19.2. The van der Waals surface area contributed by atoms with Crippen LogP contribution in [0.4, 0.5) is 0 Å². The highest BCUT2D eigenvalue weighted by molar-refractivity contribution is 6.12. The maximum atomic E-state index is 12.9. The maximum Gasteiger partial charge on any atom is 0.278 e. The smallest absolute Gasteiger partial charge is 0.278 e. The number of likely N-dealkylation sites (N-methyl/N-ethyl adjacent to an activating group) is 2. The van der Waals surface area contributed by atoms with E-state index in [0.717, 1.165) is 23.3 Å². The lowest BCUT2D eigenvalue weighted by Crippen LogP contribution is -2.64. The molecule has 2 aromatic rings. The molecule has 8 heteroatoms. The summed E-state index contributed by atoms with van der Waals surface area (Å²) in [4.78, 5) is 38.3. The van der Waals surface area contributed by atoms with Gasteiger partial charge in [-0.1, -0.05) is 24.0 Å². The van der Waals surface area contributed by atoms with E-state index in [1.54, 1.807) is 24.3 Å². The summed E-state index contributed by atoms with van der Waals surface area (Å²) in [5.74, 6) is 3.88. The molecule has 172 valence electrons. The lowest BCUT2D eigenvalue weighted by Gasteiger charge is -2.34. The van der Waals surface area contributed by atoms with Crippen LogP contribution in [0.15, 0.2) is 48.5 Å². The Morgan fingerprint density at radius 3 is 1.88 bits per heavy atom. The molecule has 0 heterocycles. The average Bonchev–Trinajstić information content (AvgIpc) is 3.67. The third-order valence-corrected chi connectivity index (χ3v) is 6.34. The molecule has 0 bridgehead atoms. The second-order valence-electron chi connectivity index (χ2n) is 8.19. The van der Waals surface area contributed by atoms with Gasteiger partial charge in [-0.25, -0.2) is 5.48 Å². The van der Waals surface area contributed by atoms with Crippen LogP contribution in [-0.4, -0.2) is 54.5 Å². The van der Waals surface area contributed by atoms with Crippen LogP contribution in [0.5, 0.6) is 0 Å². The van der Waals surface area contributed by atoms with Gasteiger partial charge >= 0.3 is 0 Å². The van der Waals surface area contributed by atoms with Crippen molar-refractivity contribution in [3.05, 3.63) is 70.8 Å². The summed E-state index contributed by atoms with van der Waals surface area (Å²) in [5.41, 5.74) is 2.78. The van der Waals surface area contributed by atoms with E-state index in [9.17, 15) is 14.4 Å². The van der Waals surface area contributed by atoms with Gasteiger partial charge in [-0.2, -0.15) is 0 Å². The Kier molecular flexibility index (Phi) is 6.86. The van der Waals surface area contributed by atoms with Crippen LogP contribution in [0, 0.1) is 11.8 Å². The maximum absolute atomic E-state index is 12.9. The van der Waals surface area contributed by atoms with Gasteiger partial charge in [0.05, 0.1) is 0 Å². The van der Waals surface area contributed by atoms with E-state index in [2.05, 4.69) is 34.6 Å². The summed E-state index contributed by atoms with van der Waals surface area (Å²) in [6.07, 6.45) is 2.28. The van der Waals surface area contributed by atoms with Gasteiger partial charge in [0.2, 0.25) is 0 Å². The predicted octanol–water partition coefficient (Wildman–Crippen LogP) is 1.38. The molecule has 0 aliphatic heterocycles. The molecule has 0 spiro atoms. The molecule has 1 aliphatic rings. The van der Waals surface area contributed by atoms with Crippen molar-refractivity contribution in [3.8, 4) is 11.8 Å². The van der Waals surface area contributed by atoms with E-state index in [1.165, 1.54) is 32.1 Å². The Hall–Kier alpha value is -3.67. The highest BCUT2D eigenvalue weighted by Crippen LogP contribution is 2.44. The van der Waals surface area contributed by atoms with Gasteiger partial charge < -0.3 is 15.5 Å². The summed E-state index contributed by atoms with van der Waals surface area (Å²) in [6, 6.07) is 14.7. The zero-order chi connectivity index (χ0) is 24.2. The quantitative estimate of drug-likeness (QED) is 0.231. The molecule has 2 aromatic carbocycles. The van der Waals surface area contributed by atoms with Gasteiger partial charge in [0.25, 0.3) is 17.7 Å². The molecule has 3 amide bonds. The fourth-order valence-electron chi connectivity index (χ4n) is 3.68. The van der Waals surface area contributed by atoms with E-state index < -0.39 is 23.3 Å². The molecule has 1 saturated carbocycles. The summed E-state index contributed by atoms with van der Waals surface area (Å²) < 4.78 is 0. The molecule has 4 N–H and O–H groups in total. The molecule has 0 unspecified atom stereocenters. The van der Waals surface area contributed by atoms with Crippen molar-refractivity contribution in [1.82, 2.24) is 21.0 Å². The van der Waals surface area contributed by atoms with E-state index in [-0.39, 0.29) is 11.1 Å². The normalized spacial score (nSPS) is 15.3. The average molecular weight is 449 g/mol. The van der Waals surface area contributed by atoms with E-state index in [0.29, 0.717) is 5.56 Å². The minimum Gasteiger partial charge on any atom is -0.357 e. The Balaban J connectivity index is 1.74. The van der Waals surface area contributed by atoms with E-state index in [1.807, 2.05) is 19.2 Å². The van der Waals surface area contributed by atoms with E-state index in [4.69, 9.17) is 5.21 Å². The van der Waals surface area contributed by atoms with Crippen LogP contribution in [0.25, 0.3) is 0 Å². The second kappa shape index (κ2) is 9.45. The Labute approximate surface area is 193 Å².